The molecule has 0 amide bonds. The molecule has 1 nitrogen and oxygen atoms in total. The maximum atomic E-state index is 13.7. The van der Waals surface area contributed by atoms with Crippen molar-refractivity contribution in [1.29, 1.82) is 0 Å². The van der Waals surface area contributed by atoms with E-state index in [0.29, 0.717) is 11.6 Å². The standard InChI is InChI=1S/C12H15ClFN/c1-2-11(15-8-6-7-8)9-4-3-5-10(13)12(9)14/h3-5,8,11,15H,2,6-7H2,1H3. The minimum absolute atomic E-state index is 0.0937. The Morgan fingerprint density at radius 2 is 2.27 bits per heavy atom. The Bertz CT molecular complexity index is 349. The van der Waals surface area contributed by atoms with Gasteiger partial charge < -0.3 is 5.32 Å². The van der Waals surface area contributed by atoms with Gasteiger partial charge >= 0.3 is 0 Å². The first-order valence-corrected chi connectivity index (χ1v) is 5.80. The Morgan fingerprint density at radius 1 is 1.53 bits per heavy atom. The number of hydrogen-bond donors (Lipinski definition) is 1. The molecule has 1 aromatic carbocycles. The zero-order valence-electron chi connectivity index (χ0n) is 8.76. The van der Waals surface area contributed by atoms with Crippen LogP contribution in [-0.4, -0.2) is 6.04 Å². The fourth-order valence-corrected chi connectivity index (χ4v) is 1.93. The van der Waals surface area contributed by atoms with E-state index in [-0.39, 0.29) is 16.9 Å². The fourth-order valence-electron chi connectivity index (χ4n) is 1.75. The second-order valence-electron chi connectivity index (χ2n) is 4.04. The van der Waals surface area contributed by atoms with Gasteiger partial charge in [-0.1, -0.05) is 30.7 Å². The smallest absolute Gasteiger partial charge is 0.146 e. The van der Waals surface area contributed by atoms with Crippen molar-refractivity contribution in [1.82, 2.24) is 5.32 Å². The van der Waals surface area contributed by atoms with E-state index >= 15 is 0 Å². The topological polar surface area (TPSA) is 12.0 Å². The van der Waals surface area contributed by atoms with E-state index in [4.69, 9.17) is 11.6 Å². The van der Waals surface area contributed by atoms with Gasteiger partial charge in [-0.05, 0) is 25.3 Å². The molecule has 0 saturated heterocycles. The Kier molecular flexibility index (Phi) is 3.27. The van der Waals surface area contributed by atoms with Gasteiger partial charge in [0.2, 0.25) is 0 Å². The summed E-state index contributed by atoms with van der Waals surface area (Å²) in [5.74, 6) is -0.279. The third-order valence-corrected chi connectivity index (χ3v) is 3.07. The van der Waals surface area contributed by atoms with Crippen LogP contribution < -0.4 is 5.32 Å². The lowest BCUT2D eigenvalue weighted by Gasteiger charge is -2.18. The highest BCUT2D eigenvalue weighted by atomic mass is 35.5. The molecule has 0 bridgehead atoms. The molecule has 0 heterocycles. The summed E-state index contributed by atoms with van der Waals surface area (Å²) in [4.78, 5) is 0. The van der Waals surface area contributed by atoms with E-state index in [1.807, 2.05) is 6.07 Å². The molecule has 0 aromatic heterocycles. The van der Waals surface area contributed by atoms with Crippen LogP contribution in [0, 0.1) is 5.82 Å². The highest BCUT2D eigenvalue weighted by molar-refractivity contribution is 6.30. The van der Waals surface area contributed by atoms with Gasteiger partial charge in [-0.25, -0.2) is 4.39 Å². The van der Waals surface area contributed by atoms with Crippen LogP contribution in [0.25, 0.3) is 0 Å². The first-order chi connectivity index (χ1) is 7.22. The average molecular weight is 228 g/mol. The van der Waals surface area contributed by atoms with Crippen molar-refractivity contribution < 1.29 is 4.39 Å². The summed E-state index contributed by atoms with van der Waals surface area (Å²) in [6, 6.07) is 5.87. The van der Waals surface area contributed by atoms with Crippen molar-refractivity contribution >= 4 is 11.6 Å². The summed E-state index contributed by atoms with van der Waals surface area (Å²) in [6.07, 6.45) is 3.30. The summed E-state index contributed by atoms with van der Waals surface area (Å²) in [5.41, 5.74) is 0.692. The van der Waals surface area contributed by atoms with Crippen LogP contribution in [0.15, 0.2) is 18.2 Å². The molecular weight excluding hydrogens is 213 g/mol. The molecule has 1 fully saturated rings. The van der Waals surface area contributed by atoms with Gasteiger partial charge in [-0.15, -0.1) is 0 Å². The highest BCUT2D eigenvalue weighted by Crippen LogP contribution is 2.29. The third kappa shape index (κ3) is 2.50. The summed E-state index contributed by atoms with van der Waals surface area (Å²) in [6.45, 7) is 2.06. The molecule has 1 atom stereocenters. The normalized spacial score (nSPS) is 17.8. The highest BCUT2D eigenvalue weighted by Gasteiger charge is 2.26. The molecule has 0 radical (unpaired) electrons. The SMILES string of the molecule is CCC(NC1CC1)c1cccc(Cl)c1F. The van der Waals surface area contributed by atoms with Crippen LogP contribution in [-0.2, 0) is 0 Å². The van der Waals surface area contributed by atoms with Crippen LogP contribution in [0.2, 0.25) is 5.02 Å². The second-order valence-corrected chi connectivity index (χ2v) is 4.45. The summed E-state index contributed by atoms with van der Waals surface area (Å²) in [5, 5.41) is 3.64. The minimum Gasteiger partial charge on any atom is -0.307 e. The molecule has 1 aliphatic carbocycles. The number of hydrogen-bond acceptors (Lipinski definition) is 1. The van der Waals surface area contributed by atoms with Gasteiger partial charge in [0.1, 0.15) is 5.82 Å². The number of rotatable bonds is 4. The fraction of sp³-hybridized carbons (Fsp3) is 0.500. The van der Waals surface area contributed by atoms with Crippen LogP contribution in [0.1, 0.15) is 37.8 Å². The van der Waals surface area contributed by atoms with Gasteiger partial charge in [0.15, 0.2) is 0 Å². The summed E-state index contributed by atoms with van der Waals surface area (Å²) < 4.78 is 13.7. The number of nitrogens with one attached hydrogen (secondary N) is 1. The minimum atomic E-state index is -0.279. The van der Waals surface area contributed by atoms with E-state index in [1.165, 1.54) is 12.8 Å². The predicted octanol–water partition coefficient (Wildman–Crippen LogP) is 3.68. The van der Waals surface area contributed by atoms with E-state index in [0.717, 1.165) is 6.42 Å². The number of benzene rings is 1. The van der Waals surface area contributed by atoms with Crippen molar-refractivity contribution in [3.8, 4) is 0 Å². The van der Waals surface area contributed by atoms with Crippen molar-refractivity contribution in [2.45, 2.75) is 38.3 Å². The maximum absolute atomic E-state index is 13.7. The summed E-state index contributed by atoms with van der Waals surface area (Å²) in [7, 11) is 0. The van der Waals surface area contributed by atoms with E-state index in [2.05, 4.69) is 12.2 Å². The molecular formula is C12H15ClFN. The summed E-state index contributed by atoms with van der Waals surface area (Å²) >= 11 is 5.76. The zero-order chi connectivity index (χ0) is 10.8. The molecule has 1 saturated carbocycles. The van der Waals surface area contributed by atoms with Gasteiger partial charge in [0, 0.05) is 17.6 Å². The molecule has 2 rings (SSSR count). The van der Waals surface area contributed by atoms with Crippen LogP contribution in [0.4, 0.5) is 4.39 Å². The van der Waals surface area contributed by atoms with Crippen LogP contribution >= 0.6 is 11.6 Å². The number of halogens is 2. The van der Waals surface area contributed by atoms with Crippen LogP contribution in [0.5, 0.6) is 0 Å². The van der Waals surface area contributed by atoms with E-state index in [9.17, 15) is 4.39 Å². The molecule has 3 heteroatoms. The monoisotopic (exact) mass is 227 g/mol. The van der Waals surface area contributed by atoms with Crippen molar-refractivity contribution in [3.05, 3.63) is 34.6 Å². The van der Waals surface area contributed by atoms with Crippen LogP contribution in [0.3, 0.4) is 0 Å². The predicted molar refractivity (Wildman–Crippen MR) is 60.6 cm³/mol. The molecule has 0 aliphatic heterocycles. The molecule has 0 spiro atoms. The quantitative estimate of drug-likeness (QED) is 0.828. The first kappa shape index (κ1) is 10.9. The Morgan fingerprint density at radius 3 is 2.87 bits per heavy atom. The lowest BCUT2D eigenvalue weighted by atomic mass is 10.0. The molecule has 1 aromatic rings. The largest absolute Gasteiger partial charge is 0.307 e. The second kappa shape index (κ2) is 4.50. The Hall–Kier alpha value is -0.600. The van der Waals surface area contributed by atoms with Crippen molar-refractivity contribution in [2.24, 2.45) is 0 Å². The van der Waals surface area contributed by atoms with Gasteiger partial charge in [-0.2, -0.15) is 0 Å². The third-order valence-electron chi connectivity index (χ3n) is 2.78. The molecule has 82 valence electrons. The van der Waals surface area contributed by atoms with Gasteiger partial charge in [0.05, 0.1) is 5.02 Å². The van der Waals surface area contributed by atoms with Gasteiger partial charge in [-0.3, -0.25) is 0 Å². The molecule has 1 unspecified atom stereocenters. The van der Waals surface area contributed by atoms with Crippen molar-refractivity contribution in [2.75, 3.05) is 0 Å². The molecule has 1 aliphatic rings. The first-order valence-electron chi connectivity index (χ1n) is 5.42. The lowest BCUT2D eigenvalue weighted by molar-refractivity contribution is 0.486. The maximum Gasteiger partial charge on any atom is 0.146 e. The Balaban J connectivity index is 2.20. The zero-order valence-corrected chi connectivity index (χ0v) is 9.52. The Labute approximate surface area is 94.6 Å². The molecule has 15 heavy (non-hydrogen) atoms. The van der Waals surface area contributed by atoms with E-state index < -0.39 is 0 Å². The average Bonchev–Trinajstić information content (AvgIpc) is 3.03. The van der Waals surface area contributed by atoms with E-state index in [1.54, 1.807) is 12.1 Å². The van der Waals surface area contributed by atoms with Gasteiger partial charge in [0.25, 0.3) is 0 Å². The molecule has 1 N–H and O–H groups in total. The van der Waals surface area contributed by atoms with Crippen molar-refractivity contribution in [3.63, 3.8) is 0 Å². The lowest BCUT2D eigenvalue weighted by Crippen LogP contribution is -2.23.